The fourth-order valence-corrected chi connectivity index (χ4v) is 3.05. The van der Waals surface area contributed by atoms with E-state index in [-0.39, 0.29) is 0 Å². The molecular weight excluding hydrogens is 359 g/mol. The molecule has 0 radical (unpaired) electrons. The number of anilines is 2. The highest BCUT2D eigenvalue weighted by atomic mass is 35.5. The summed E-state index contributed by atoms with van der Waals surface area (Å²) in [5, 5.41) is 11.5. The molecule has 1 aromatic heterocycles. The van der Waals surface area contributed by atoms with Gasteiger partial charge in [0, 0.05) is 21.6 Å². The summed E-state index contributed by atoms with van der Waals surface area (Å²) in [5.74, 6) is 0. The number of pyridine rings is 1. The lowest BCUT2D eigenvalue weighted by Crippen LogP contribution is -2.24. The molecule has 23 heavy (non-hydrogen) atoms. The Kier molecular flexibility index (Phi) is 4.31. The van der Waals surface area contributed by atoms with Crippen molar-refractivity contribution in [2.24, 2.45) is 0 Å². The third kappa shape index (κ3) is 3.06. The second-order valence-electron chi connectivity index (χ2n) is 4.71. The van der Waals surface area contributed by atoms with E-state index < -0.39 is 6.09 Å². The molecule has 2 aromatic carbocycles. The third-order valence-corrected chi connectivity index (χ3v) is 4.00. The van der Waals surface area contributed by atoms with Crippen LogP contribution in [0.25, 0.3) is 10.9 Å². The van der Waals surface area contributed by atoms with Gasteiger partial charge in [0.1, 0.15) is 0 Å². The second kappa shape index (κ2) is 6.24. The highest BCUT2D eigenvalue weighted by Gasteiger charge is 2.21. The number of carbonyl (C=O) groups is 1. The van der Waals surface area contributed by atoms with Crippen LogP contribution in [0, 0.1) is 0 Å². The van der Waals surface area contributed by atoms with Crippen molar-refractivity contribution < 1.29 is 9.90 Å². The van der Waals surface area contributed by atoms with Crippen LogP contribution in [0.15, 0.2) is 48.7 Å². The van der Waals surface area contributed by atoms with Crippen molar-refractivity contribution in [3.63, 3.8) is 0 Å². The van der Waals surface area contributed by atoms with Crippen molar-refractivity contribution in [2.75, 3.05) is 4.90 Å². The monoisotopic (exact) mass is 366 g/mol. The van der Waals surface area contributed by atoms with Gasteiger partial charge in [0.05, 0.1) is 21.9 Å². The number of amides is 1. The number of hydrogen-bond acceptors (Lipinski definition) is 2. The van der Waals surface area contributed by atoms with Crippen molar-refractivity contribution in [3.8, 4) is 0 Å². The zero-order valence-electron chi connectivity index (χ0n) is 11.5. The van der Waals surface area contributed by atoms with E-state index in [1.54, 1.807) is 30.5 Å². The van der Waals surface area contributed by atoms with E-state index in [0.717, 1.165) is 4.90 Å². The topological polar surface area (TPSA) is 53.4 Å². The van der Waals surface area contributed by atoms with Gasteiger partial charge >= 0.3 is 6.09 Å². The smallest absolute Gasteiger partial charge is 0.416 e. The predicted octanol–water partition coefficient (Wildman–Crippen LogP) is 6.01. The Bertz CT molecular complexity index is 895. The van der Waals surface area contributed by atoms with Crippen molar-refractivity contribution in [1.29, 1.82) is 0 Å². The molecule has 3 aromatic rings. The fraction of sp³-hybridized carbons (Fsp3) is 0. The number of hydrogen-bond donors (Lipinski definition) is 1. The molecule has 116 valence electrons. The first-order chi connectivity index (χ1) is 11.0. The minimum Gasteiger partial charge on any atom is -0.464 e. The maximum absolute atomic E-state index is 11.8. The van der Waals surface area contributed by atoms with Gasteiger partial charge in [-0.3, -0.25) is 4.98 Å². The largest absolute Gasteiger partial charge is 0.464 e. The number of nitrogens with zero attached hydrogens (tertiary/aromatic N) is 2. The summed E-state index contributed by atoms with van der Waals surface area (Å²) < 4.78 is 0. The van der Waals surface area contributed by atoms with E-state index in [1.807, 2.05) is 0 Å². The second-order valence-corrected chi connectivity index (χ2v) is 5.99. The van der Waals surface area contributed by atoms with Crippen LogP contribution in [0.4, 0.5) is 16.2 Å². The van der Waals surface area contributed by atoms with Gasteiger partial charge in [-0.05, 0) is 42.5 Å². The zero-order chi connectivity index (χ0) is 16.6. The summed E-state index contributed by atoms with van der Waals surface area (Å²) in [6.45, 7) is 0. The summed E-state index contributed by atoms with van der Waals surface area (Å²) in [4.78, 5) is 17.2. The molecule has 0 fully saturated rings. The molecule has 4 nitrogen and oxygen atoms in total. The number of rotatable bonds is 2. The summed E-state index contributed by atoms with van der Waals surface area (Å²) >= 11 is 18.1. The Hall–Kier alpha value is -2.01. The molecule has 1 N–H and O–H groups in total. The number of fused-ring (bicyclic) bond motifs is 1. The van der Waals surface area contributed by atoms with Crippen LogP contribution in [0.1, 0.15) is 0 Å². The van der Waals surface area contributed by atoms with Gasteiger partial charge in [-0.1, -0.05) is 34.8 Å². The number of halogens is 3. The highest BCUT2D eigenvalue weighted by molar-refractivity contribution is 6.36. The van der Waals surface area contributed by atoms with Crippen molar-refractivity contribution in [3.05, 3.63) is 63.7 Å². The quantitative estimate of drug-likeness (QED) is 0.603. The van der Waals surface area contributed by atoms with Crippen molar-refractivity contribution >= 4 is 63.2 Å². The van der Waals surface area contributed by atoms with Gasteiger partial charge in [-0.15, -0.1) is 0 Å². The van der Waals surface area contributed by atoms with Gasteiger partial charge in [0.15, 0.2) is 0 Å². The van der Waals surface area contributed by atoms with Gasteiger partial charge in [0.25, 0.3) is 0 Å². The van der Waals surface area contributed by atoms with Crippen LogP contribution in [-0.2, 0) is 0 Å². The first-order valence-corrected chi connectivity index (χ1v) is 7.63. The third-order valence-electron chi connectivity index (χ3n) is 3.23. The van der Waals surface area contributed by atoms with Crippen LogP contribution in [-0.4, -0.2) is 16.2 Å². The SMILES string of the molecule is O=C(O)N(c1cc(Cl)cc(Cl)c1)c1ccc(Cl)c2cccnc12. The minimum absolute atomic E-state index is 0.323. The molecule has 1 heterocycles. The zero-order valence-corrected chi connectivity index (χ0v) is 13.8. The summed E-state index contributed by atoms with van der Waals surface area (Å²) in [6.07, 6.45) is 0.394. The van der Waals surface area contributed by atoms with Crippen LogP contribution in [0.5, 0.6) is 0 Å². The van der Waals surface area contributed by atoms with Gasteiger partial charge in [-0.2, -0.15) is 0 Å². The van der Waals surface area contributed by atoms with Crippen LogP contribution >= 0.6 is 34.8 Å². The van der Waals surface area contributed by atoms with Gasteiger partial charge in [-0.25, -0.2) is 9.69 Å². The molecule has 3 rings (SSSR count). The average molecular weight is 368 g/mol. The Morgan fingerprint density at radius 2 is 1.74 bits per heavy atom. The van der Waals surface area contributed by atoms with Crippen LogP contribution in [0.3, 0.4) is 0 Å². The van der Waals surface area contributed by atoms with E-state index in [0.29, 0.717) is 37.3 Å². The average Bonchev–Trinajstić information content (AvgIpc) is 2.49. The van der Waals surface area contributed by atoms with Gasteiger partial charge < -0.3 is 5.11 Å². The predicted molar refractivity (Wildman–Crippen MR) is 93.4 cm³/mol. The molecule has 0 atom stereocenters. The van der Waals surface area contributed by atoms with E-state index >= 15 is 0 Å². The van der Waals surface area contributed by atoms with Crippen molar-refractivity contribution in [2.45, 2.75) is 0 Å². The van der Waals surface area contributed by atoms with Crippen molar-refractivity contribution in [1.82, 2.24) is 4.98 Å². The Labute approximate surface area is 146 Å². The number of aromatic nitrogens is 1. The fourth-order valence-electron chi connectivity index (χ4n) is 2.32. The molecular formula is C16H9Cl3N2O2. The first kappa shape index (κ1) is 15.9. The summed E-state index contributed by atoms with van der Waals surface area (Å²) in [7, 11) is 0. The maximum atomic E-state index is 11.8. The first-order valence-electron chi connectivity index (χ1n) is 6.50. The standard InChI is InChI=1S/C16H9Cl3N2O2/c17-9-6-10(18)8-11(7-9)21(16(22)23)14-4-3-13(19)12-2-1-5-20-15(12)14/h1-8H,(H,22,23). The molecule has 0 aliphatic carbocycles. The molecule has 7 heteroatoms. The number of carboxylic acid groups (broad SMARTS) is 1. The molecule has 0 aliphatic heterocycles. The molecule has 0 unspecified atom stereocenters. The Balaban J connectivity index is 2.28. The Morgan fingerprint density at radius 1 is 1.04 bits per heavy atom. The van der Waals surface area contributed by atoms with E-state index in [1.165, 1.54) is 18.2 Å². The van der Waals surface area contributed by atoms with E-state index in [9.17, 15) is 9.90 Å². The number of benzene rings is 2. The lowest BCUT2D eigenvalue weighted by molar-refractivity contribution is 0.205. The van der Waals surface area contributed by atoms with E-state index in [4.69, 9.17) is 34.8 Å². The summed E-state index contributed by atoms with van der Waals surface area (Å²) in [6, 6.07) is 11.3. The molecule has 0 saturated heterocycles. The molecule has 0 spiro atoms. The highest BCUT2D eigenvalue weighted by Crippen LogP contribution is 2.36. The lowest BCUT2D eigenvalue weighted by atomic mass is 10.1. The lowest BCUT2D eigenvalue weighted by Gasteiger charge is -2.21. The minimum atomic E-state index is -1.18. The molecule has 0 aliphatic rings. The van der Waals surface area contributed by atoms with Crippen LogP contribution in [0.2, 0.25) is 15.1 Å². The van der Waals surface area contributed by atoms with E-state index in [2.05, 4.69) is 4.98 Å². The molecule has 1 amide bonds. The van der Waals surface area contributed by atoms with Crippen LogP contribution < -0.4 is 4.90 Å². The molecule has 0 saturated carbocycles. The van der Waals surface area contributed by atoms with Gasteiger partial charge in [0.2, 0.25) is 0 Å². The maximum Gasteiger partial charge on any atom is 0.416 e. The Morgan fingerprint density at radius 3 is 2.39 bits per heavy atom. The molecule has 0 bridgehead atoms. The summed E-state index contributed by atoms with van der Waals surface area (Å²) in [5.41, 5.74) is 1.17. The normalized spacial score (nSPS) is 10.7.